The van der Waals surface area contributed by atoms with Crippen molar-refractivity contribution in [3.63, 3.8) is 0 Å². The zero-order valence-corrected chi connectivity index (χ0v) is 26.2. The SMILES string of the molecule is CCCOCCNC(=O)CCCCCCC(C)CCCCC(C)CCCCCCC(=O)NCCOCCOC. The number of ether oxygens (including phenoxy) is 3. The highest BCUT2D eigenvalue weighted by molar-refractivity contribution is 5.76. The van der Waals surface area contributed by atoms with Crippen LogP contribution in [0, 0.1) is 11.8 Å². The molecule has 2 N–H and O–H groups in total. The van der Waals surface area contributed by atoms with Crippen LogP contribution in [-0.2, 0) is 23.8 Å². The molecule has 0 saturated heterocycles. The van der Waals surface area contributed by atoms with Gasteiger partial charge in [0.1, 0.15) is 0 Å². The Labute approximate surface area is 241 Å². The standard InChI is InChI=1S/C32H64N2O5/c1-5-24-38-25-22-33-31(35)20-12-8-6-10-16-29(2)18-14-15-19-30(3)17-11-7-9-13-21-32(36)34-23-26-39-28-27-37-4/h29-30H,5-28H2,1-4H3,(H,33,35)(H,34,36). The molecule has 0 aliphatic heterocycles. The van der Waals surface area contributed by atoms with Crippen molar-refractivity contribution in [2.24, 2.45) is 11.8 Å². The molecule has 0 saturated carbocycles. The molecule has 2 amide bonds. The molecule has 0 spiro atoms. The highest BCUT2D eigenvalue weighted by Gasteiger charge is 2.06. The van der Waals surface area contributed by atoms with Gasteiger partial charge in [-0.2, -0.15) is 0 Å². The highest BCUT2D eigenvalue weighted by Crippen LogP contribution is 2.21. The molecule has 0 bridgehead atoms. The lowest BCUT2D eigenvalue weighted by molar-refractivity contribution is -0.122. The summed E-state index contributed by atoms with van der Waals surface area (Å²) in [7, 11) is 1.65. The first-order valence-corrected chi connectivity index (χ1v) is 16.2. The quantitative estimate of drug-likeness (QED) is 0.0948. The Hall–Kier alpha value is -1.18. The van der Waals surface area contributed by atoms with Crippen LogP contribution in [0.15, 0.2) is 0 Å². The number of unbranched alkanes of at least 4 members (excludes halogenated alkanes) is 7. The molecule has 39 heavy (non-hydrogen) atoms. The van der Waals surface area contributed by atoms with Crippen LogP contribution in [0.2, 0.25) is 0 Å². The van der Waals surface area contributed by atoms with Crippen LogP contribution in [0.4, 0.5) is 0 Å². The molecule has 0 aliphatic carbocycles. The number of hydrogen-bond acceptors (Lipinski definition) is 5. The molecule has 0 aromatic rings. The number of methoxy groups -OCH3 is 1. The van der Waals surface area contributed by atoms with Gasteiger partial charge in [0, 0.05) is 39.6 Å². The van der Waals surface area contributed by atoms with Gasteiger partial charge in [-0.15, -0.1) is 0 Å². The van der Waals surface area contributed by atoms with Gasteiger partial charge in [0.2, 0.25) is 11.8 Å². The number of nitrogens with one attached hydrogen (secondary N) is 2. The Morgan fingerprint density at radius 3 is 1.41 bits per heavy atom. The first kappa shape index (κ1) is 37.8. The molecule has 2 atom stereocenters. The summed E-state index contributed by atoms with van der Waals surface area (Å²) in [6.45, 7) is 11.2. The second-order valence-corrected chi connectivity index (χ2v) is 11.3. The molecular weight excluding hydrogens is 492 g/mol. The van der Waals surface area contributed by atoms with Crippen molar-refractivity contribution in [3.05, 3.63) is 0 Å². The number of carbonyl (C=O) groups excluding carboxylic acids is 2. The molecule has 0 heterocycles. The van der Waals surface area contributed by atoms with Crippen LogP contribution < -0.4 is 10.6 Å². The third-order valence-electron chi connectivity index (χ3n) is 7.26. The van der Waals surface area contributed by atoms with E-state index in [2.05, 4.69) is 31.4 Å². The fourth-order valence-corrected chi connectivity index (χ4v) is 4.73. The average molecular weight is 557 g/mol. The first-order chi connectivity index (χ1) is 19.0. The third kappa shape index (κ3) is 29.6. The van der Waals surface area contributed by atoms with E-state index in [-0.39, 0.29) is 11.8 Å². The summed E-state index contributed by atoms with van der Waals surface area (Å²) in [6, 6.07) is 0. The summed E-state index contributed by atoms with van der Waals surface area (Å²) in [5.74, 6) is 1.92. The van der Waals surface area contributed by atoms with Gasteiger partial charge in [-0.1, -0.05) is 97.8 Å². The smallest absolute Gasteiger partial charge is 0.220 e. The lowest BCUT2D eigenvalue weighted by atomic mass is 9.93. The summed E-state index contributed by atoms with van der Waals surface area (Å²) >= 11 is 0. The minimum absolute atomic E-state index is 0.136. The van der Waals surface area contributed by atoms with Gasteiger partial charge in [0.25, 0.3) is 0 Å². The minimum atomic E-state index is 0.136. The van der Waals surface area contributed by atoms with E-state index in [1.54, 1.807) is 7.11 Å². The largest absolute Gasteiger partial charge is 0.382 e. The Balaban J connectivity index is 3.42. The van der Waals surface area contributed by atoms with Crippen molar-refractivity contribution in [2.45, 2.75) is 130 Å². The van der Waals surface area contributed by atoms with Crippen molar-refractivity contribution in [2.75, 3.05) is 53.2 Å². The molecule has 7 nitrogen and oxygen atoms in total. The third-order valence-corrected chi connectivity index (χ3v) is 7.26. The summed E-state index contributed by atoms with van der Waals surface area (Å²) < 4.78 is 15.6. The topological polar surface area (TPSA) is 85.9 Å². The Bertz CT molecular complexity index is 547. The molecule has 0 aromatic carbocycles. The van der Waals surface area contributed by atoms with Crippen LogP contribution in [0.3, 0.4) is 0 Å². The summed E-state index contributed by atoms with van der Waals surface area (Å²) in [6.07, 6.45) is 19.6. The van der Waals surface area contributed by atoms with Crippen molar-refractivity contribution in [1.82, 2.24) is 10.6 Å². The highest BCUT2D eigenvalue weighted by atomic mass is 16.5. The molecule has 2 unspecified atom stereocenters. The summed E-state index contributed by atoms with van der Waals surface area (Å²) in [5.41, 5.74) is 0. The number of hydrogen-bond donors (Lipinski definition) is 2. The van der Waals surface area contributed by atoms with E-state index in [9.17, 15) is 9.59 Å². The predicted molar refractivity (Wildman–Crippen MR) is 162 cm³/mol. The van der Waals surface area contributed by atoms with Crippen molar-refractivity contribution < 1.29 is 23.8 Å². The minimum Gasteiger partial charge on any atom is -0.382 e. The normalized spacial score (nSPS) is 12.8. The summed E-state index contributed by atoms with van der Waals surface area (Å²) in [4.78, 5) is 23.6. The van der Waals surface area contributed by atoms with E-state index in [1.165, 1.54) is 64.2 Å². The van der Waals surface area contributed by atoms with Crippen molar-refractivity contribution in [1.29, 1.82) is 0 Å². The molecule has 7 heteroatoms. The average Bonchev–Trinajstić information content (AvgIpc) is 2.92. The van der Waals surface area contributed by atoms with E-state index in [0.29, 0.717) is 52.4 Å². The number of amides is 2. The van der Waals surface area contributed by atoms with Gasteiger partial charge in [0.05, 0.1) is 26.4 Å². The lowest BCUT2D eigenvalue weighted by Gasteiger charge is -2.14. The van der Waals surface area contributed by atoms with Gasteiger partial charge in [0.15, 0.2) is 0 Å². The first-order valence-electron chi connectivity index (χ1n) is 16.2. The monoisotopic (exact) mass is 556 g/mol. The van der Waals surface area contributed by atoms with E-state index in [1.807, 2.05) is 0 Å². The van der Waals surface area contributed by atoms with Gasteiger partial charge < -0.3 is 24.8 Å². The second kappa shape index (κ2) is 29.8. The maximum absolute atomic E-state index is 11.8. The Morgan fingerprint density at radius 2 is 0.974 bits per heavy atom. The van der Waals surface area contributed by atoms with Crippen LogP contribution in [-0.4, -0.2) is 65.0 Å². The molecule has 0 radical (unpaired) electrons. The Kier molecular flexibility index (Phi) is 28.9. The van der Waals surface area contributed by atoms with Gasteiger partial charge in [-0.25, -0.2) is 0 Å². The zero-order valence-electron chi connectivity index (χ0n) is 26.2. The number of rotatable bonds is 30. The van der Waals surface area contributed by atoms with Gasteiger partial charge in [-0.05, 0) is 31.1 Å². The van der Waals surface area contributed by atoms with Gasteiger partial charge >= 0.3 is 0 Å². The second-order valence-electron chi connectivity index (χ2n) is 11.3. The predicted octanol–water partition coefficient (Wildman–Crippen LogP) is 6.82. The van der Waals surface area contributed by atoms with Gasteiger partial charge in [-0.3, -0.25) is 9.59 Å². The van der Waals surface area contributed by atoms with Crippen molar-refractivity contribution in [3.8, 4) is 0 Å². The zero-order chi connectivity index (χ0) is 28.8. The van der Waals surface area contributed by atoms with E-state index in [0.717, 1.165) is 50.5 Å². The van der Waals surface area contributed by atoms with E-state index < -0.39 is 0 Å². The molecule has 0 rings (SSSR count). The fraction of sp³-hybridized carbons (Fsp3) is 0.938. The maximum atomic E-state index is 11.8. The molecular formula is C32H64N2O5. The summed E-state index contributed by atoms with van der Waals surface area (Å²) in [5, 5.41) is 5.85. The molecule has 0 fully saturated rings. The molecule has 0 aliphatic rings. The lowest BCUT2D eigenvalue weighted by Crippen LogP contribution is -2.27. The van der Waals surface area contributed by atoms with Crippen LogP contribution >= 0.6 is 0 Å². The Morgan fingerprint density at radius 1 is 0.564 bits per heavy atom. The fourth-order valence-electron chi connectivity index (χ4n) is 4.73. The van der Waals surface area contributed by atoms with Crippen molar-refractivity contribution >= 4 is 11.8 Å². The van der Waals surface area contributed by atoms with E-state index >= 15 is 0 Å². The van der Waals surface area contributed by atoms with Crippen LogP contribution in [0.25, 0.3) is 0 Å². The van der Waals surface area contributed by atoms with Crippen LogP contribution in [0.1, 0.15) is 130 Å². The van der Waals surface area contributed by atoms with E-state index in [4.69, 9.17) is 14.2 Å². The maximum Gasteiger partial charge on any atom is 0.220 e. The van der Waals surface area contributed by atoms with Crippen LogP contribution in [0.5, 0.6) is 0 Å². The molecule has 0 aromatic heterocycles. The number of carbonyl (C=O) groups is 2. The molecule has 232 valence electrons.